The van der Waals surface area contributed by atoms with Crippen molar-refractivity contribution in [1.82, 2.24) is 19.9 Å². The zero-order valence-corrected chi connectivity index (χ0v) is 20.2. The molecule has 5 rings (SSSR count). The first-order valence-corrected chi connectivity index (χ1v) is 13.2. The van der Waals surface area contributed by atoms with Crippen LogP contribution in [-0.2, 0) is 17.0 Å². The molecular formula is C24H29N5O5S. The Kier molecular flexibility index (Phi) is 6.51. The lowest BCUT2D eigenvalue weighted by molar-refractivity contribution is -0.131. The largest absolute Gasteiger partial charge is 0.392 e. The van der Waals surface area contributed by atoms with Gasteiger partial charge in [-0.15, -0.1) is 10.8 Å². The van der Waals surface area contributed by atoms with Gasteiger partial charge in [-0.25, -0.2) is 0 Å². The molecule has 35 heavy (non-hydrogen) atoms. The van der Waals surface area contributed by atoms with Crippen LogP contribution in [0, 0.1) is 0 Å². The number of hydrogen-bond donors (Lipinski definition) is 4. The van der Waals surface area contributed by atoms with Crippen molar-refractivity contribution < 1.29 is 23.5 Å². The summed E-state index contributed by atoms with van der Waals surface area (Å²) in [6.45, 7) is 1.93. The molecule has 2 aromatic carbocycles. The first-order chi connectivity index (χ1) is 16.8. The van der Waals surface area contributed by atoms with Crippen molar-refractivity contribution in [1.29, 1.82) is 0 Å². The van der Waals surface area contributed by atoms with Crippen LogP contribution < -0.4 is 4.72 Å². The van der Waals surface area contributed by atoms with Gasteiger partial charge in [0, 0.05) is 32.2 Å². The van der Waals surface area contributed by atoms with Gasteiger partial charge in [-0.05, 0) is 35.2 Å². The number of β-amino-alcohol motifs (C(OH)–C–C–N with tert-alkyl or cyclic N) is 1. The zero-order chi connectivity index (χ0) is 24.6. The summed E-state index contributed by atoms with van der Waals surface area (Å²) < 4.78 is 27.5. The maximum atomic E-state index is 13.4. The van der Waals surface area contributed by atoms with Gasteiger partial charge in [0.15, 0.2) is 0 Å². The monoisotopic (exact) mass is 499 g/mol. The first kappa shape index (κ1) is 23.8. The molecule has 1 saturated heterocycles. The molecule has 11 heteroatoms. The molecule has 0 saturated carbocycles. The van der Waals surface area contributed by atoms with E-state index in [9.17, 15) is 19.0 Å². The molecule has 2 aliphatic rings. The number of nitrogens with zero attached hydrogens (tertiary/aromatic N) is 4. The first-order valence-electron chi connectivity index (χ1n) is 11.5. The van der Waals surface area contributed by atoms with Crippen molar-refractivity contribution >= 4 is 22.4 Å². The number of amides is 1. The minimum absolute atomic E-state index is 0.0655. The van der Waals surface area contributed by atoms with Crippen LogP contribution in [0.4, 0.5) is 5.69 Å². The highest BCUT2D eigenvalue weighted by molar-refractivity contribution is 8.25. The molecule has 3 aromatic rings. The second-order valence-electron chi connectivity index (χ2n) is 9.18. The van der Waals surface area contributed by atoms with Crippen LogP contribution in [0.1, 0.15) is 29.2 Å². The molecule has 1 fully saturated rings. The molecule has 1 aromatic heterocycles. The van der Waals surface area contributed by atoms with E-state index < -0.39 is 10.8 Å². The third-order valence-electron chi connectivity index (χ3n) is 6.59. The average Bonchev–Trinajstić information content (AvgIpc) is 3.56. The highest BCUT2D eigenvalue weighted by atomic mass is 32.3. The van der Waals surface area contributed by atoms with Crippen LogP contribution >= 0.6 is 10.8 Å². The Labute approximate surface area is 205 Å². The fourth-order valence-corrected chi connectivity index (χ4v) is 6.01. The fraction of sp³-hybridized carbons (Fsp3) is 0.375. The SMILES string of the molecule is CN(C(=O)Cc1ccc2c(c1)NS(O)(O)C2)[C@H](CN1CC[C@H](O)C1)c1cccc(-c2ncon2)c1. The molecule has 0 bridgehead atoms. The number of aromatic nitrogens is 2. The topological polar surface area (TPSA) is 135 Å². The van der Waals surface area contributed by atoms with Gasteiger partial charge in [-0.3, -0.25) is 23.5 Å². The van der Waals surface area contributed by atoms with E-state index in [-0.39, 0.29) is 30.2 Å². The third kappa shape index (κ3) is 5.34. The van der Waals surface area contributed by atoms with Gasteiger partial charge in [0.05, 0.1) is 30.0 Å². The molecule has 3 heterocycles. The van der Waals surface area contributed by atoms with E-state index in [1.807, 2.05) is 42.5 Å². The van der Waals surface area contributed by atoms with Gasteiger partial charge in [-0.2, -0.15) is 4.98 Å². The number of aliphatic hydroxyl groups is 1. The summed E-state index contributed by atoms with van der Waals surface area (Å²) >= 11 is 0. The Morgan fingerprint density at radius 2 is 2.17 bits per heavy atom. The Hall–Kier alpha value is -2.96. The predicted molar refractivity (Wildman–Crippen MR) is 133 cm³/mol. The van der Waals surface area contributed by atoms with E-state index in [0.717, 1.165) is 28.8 Å². The van der Waals surface area contributed by atoms with Gasteiger partial charge in [-0.1, -0.05) is 35.5 Å². The number of carbonyl (C=O) groups excluding carboxylic acids is 1. The fourth-order valence-electron chi connectivity index (χ4n) is 4.71. The summed E-state index contributed by atoms with van der Waals surface area (Å²) in [6, 6.07) is 13.0. The summed E-state index contributed by atoms with van der Waals surface area (Å²) in [5.74, 6) is 0.591. The molecule has 2 aliphatic heterocycles. The Morgan fingerprint density at radius 3 is 2.91 bits per heavy atom. The van der Waals surface area contributed by atoms with Crippen molar-refractivity contribution in [2.24, 2.45) is 0 Å². The average molecular weight is 500 g/mol. The van der Waals surface area contributed by atoms with Crippen LogP contribution in [0.5, 0.6) is 0 Å². The van der Waals surface area contributed by atoms with E-state index in [1.54, 1.807) is 11.9 Å². The summed E-state index contributed by atoms with van der Waals surface area (Å²) in [4.78, 5) is 21.5. The summed E-state index contributed by atoms with van der Waals surface area (Å²) in [5, 5.41) is 13.9. The minimum Gasteiger partial charge on any atom is -0.392 e. The van der Waals surface area contributed by atoms with Gasteiger partial charge < -0.3 is 14.5 Å². The number of aliphatic hydroxyl groups excluding tert-OH is 1. The van der Waals surface area contributed by atoms with Crippen LogP contribution in [0.25, 0.3) is 11.4 Å². The molecule has 4 N–H and O–H groups in total. The second kappa shape index (κ2) is 9.59. The number of benzene rings is 2. The molecule has 0 radical (unpaired) electrons. The van der Waals surface area contributed by atoms with E-state index in [2.05, 4.69) is 19.8 Å². The highest BCUT2D eigenvalue weighted by Gasteiger charge is 2.29. The lowest BCUT2D eigenvalue weighted by atomic mass is 10.0. The number of nitrogens with one attached hydrogen (secondary N) is 1. The van der Waals surface area contributed by atoms with E-state index >= 15 is 0 Å². The highest BCUT2D eigenvalue weighted by Crippen LogP contribution is 2.50. The van der Waals surface area contributed by atoms with E-state index in [0.29, 0.717) is 31.0 Å². The molecule has 1 amide bonds. The number of likely N-dealkylation sites (tertiary alicyclic amines) is 1. The zero-order valence-electron chi connectivity index (χ0n) is 19.4. The lowest BCUT2D eigenvalue weighted by Gasteiger charge is -2.32. The van der Waals surface area contributed by atoms with Crippen molar-refractivity contribution in [3.05, 3.63) is 65.5 Å². The van der Waals surface area contributed by atoms with Crippen molar-refractivity contribution in [3.8, 4) is 11.4 Å². The van der Waals surface area contributed by atoms with Gasteiger partial charge in [0.1, 0.15) is 0 Å². The Balaban J connectivity index is 1.37. The Bertz CT molecular complexity index is 1200. The van der Waals surface area contributed by atoms with Crippen molar-refractivity contribution in [3.63, 3.8) is 0 Å². The van der Waals surface area contributed by atoms with E-state index in [4.69, 9.17) is 4.52 Å². The number of anilines is 1. The van der Waals surface area contributed by atoms with Crippen LogP contribution in [0.2, 0.25) is 0 Å². The van der Waals surface area contributed by atoms with Crippen molar-refractivity contribution in [2.45, 2.75) is 30.7 Å². The predicted octanol–water partition coefficient (Wildman–Crippen LogP) is 3.14. The molecular weight excluding hydrogens is 470 g/mol. The molecule has 186 valence electrons. The van der Waals surface area contributed by atoms with Crippen LogP contribution in [0.3, 0.4) is 0 Å². The number of likely N-dealkylation sites (N-methyl/N-ethyl adjacent to an activating group) is 1. The minimum atomic E-state index is -2.85. The smallest absolute Gasteiger partial charge is 0.227 e. The summed E-state index contributed by atoms with van der Waals surface area (Å²) in [5.41, 5.74) is 4.02. The van der Waals surface area contributed by atoms with Gasteiger partial charge >= 0.3 is 0 Å². The quantitative estimate of drug-likeness (QED) is 0.387. The molecule has 10 nitrogen and oxygen atoms in total. The maximum absolute atomic E-state index is 13.4. The lowest BCUT2D eigenvalue weighted by Crippen LogP contribution is -2.39. The summed E-state index contributed by atoms with van der Waals surface area (Å²) in [6.07, 6.45) is 1.82. The standard InChI is InChI=1S/C24H29N5O5S/c1-28(23(31)10-16-5-6-19-14-35(32,33)27-21(19)9-16)22(13-29-8-7-20(30)12-29)17-3-2-4-18(11-17)24-25-15-34-26-24/h2-6,9,11,15,20,22,27,30,32-33H,7-8,10,12-14H2,1H3/t20-,22+/m0/s1. The van der Waals surface area contributed by atoms with E-state index in [1.165, 1.54) is 6.39 Å². The number of fused-ring (bicyclic) bond motifs is 1. The number of rotatable bonds is 7. The molecule has 0 aliphatic carbocycles. The molecule has 2 atom stereocenters. The maximum Gasteiger partial charge on any atom is 0.227 e. The normalized spacial score (nSPS) is 20.7. The molecule has 0 spiro atoms. The Morgan fingerprint density at radius 1 is 1.31 bits per heavy atom. The number of hydrogen-bond acceptors (Lipinski definition) is 9. The van der Waals surface area contributed by atoms with Gasteiger partial charge in [0.25, 0.3) is 0 Å². The van der Waals surface area contributed by atoms with Crippen LogP contribution in [-0.4, -0.2) is 72.8 Å². The third-order valence-corrected chi connectivity index (χ3v) is 7.85. The second-order valence-corrected chi connectivity index (χ2v) is 11.0. The van der Waals surface area contributed by atoms with Gasteiger partial charge in [0.2, 0.25) is 18.1 Å². The molecule has 0 unspecified atom stereocenters. The summed E-state index contributed by atoms with van der Waals surface area (Å²) in [7, 11) is -1.05. The van der Waals surface area contributed by atoms with Crippen molar-refractivity contribution in [2.75, 3.05) is 31.4 Å². The van der Waals surface area contributed by atoms with Crippen LogP contribution in [0.15, 0.2) is 53.4 Å². The number of carbonyl (C=O) groups is 1.